The molecule has 0 aliphatic heterocycles. The Hall–Kier alpha value is -2.64. The predicted molar refractivity (Wildman–Crippen MR) is 122 cm³/mol. The van der Waals surface area contributed by atoms with Gasteiger partial charge in [0, 0.05) is 32.2 Å². The molecule has 186 valence electrons. The van der Waals surface area contributed by atoms with E-state index in [2.05, 4.69) is 0 Å². The van der Waals surface area contributed by atoms with Gasteiger partial charge >= 0.3 is 0 Å². The lowest BCUT2D eigenvalue weighted by atomic mass is 10.3. The van der Waals surface area contributed by atoms with E-state index in [0.29, 0.717) is 5.02 Å². The Morgan fingerprint density at radius 3 is 2.18 bits per heavy atom. The highest BCUT2D eigenvalue weighted by molar-refractivity contribution is 7.82. The average molecular weight is 519 g/mol. The molecule has 1 atom stereocenters. The standard InChI is InChI=1S/C21H25ClF2N4O5S/c1-26(2)20(30)13-27(3)8-9-28(12-19(29)25-31)34(32)16-10-17(23)21(18(24)11-16)33-15-6-4-14(22)5-7-15/h4-7,10-11,31H,8-9,12-13H2,1-3H3,(H,25,29). The fourth-order valence-electron chi connectivity index (χ4n) is 2.65. The van der Waals surface area contributed by atoms with Crippen LogP contribution in [-0.4, -0.2) is 82.7 Å². The molecule has 13 heteroatoms. The molecule has 1 unspecified atom stereocenters. The first-order valence-electron chi connectivity index (χ1n) is 9.92. The quantitative estimate of drug-likeness (QED) is 0.349. The molecule has 2 N–H and O–H groups in total. The van der Waals surface area contributed by atoms with Crippen LogP contribution in [0.5, 0.6) is 11.5 Å². The Bertz CT molecular complexity index is 1020. The van der Waals surface area contributed by atoms with Crippen LogP contribution in [0, 0.1) is 11.6 Å². The number of amides is 2. The number of benzene rings is 2. The maximum atomic E-state index is 14.6. The molecular weight excluding hydrogens is 494 g/mol. The van der Waals surface area contributed by atoms with Crippen LogP contribution in [0.15, 0.2) is 41.3 Å². The predicted octanol–water partition coefficient (Wildman–Crippen LogP) is 2.26. The molecule has 34 heavy (non-hydrogen) atoms. The van der Waals surface area contributed by atoms with Gasteiger partial charge in [0.2, 0.25) is 5.91 Å². The molecule has 2 rings (SSSR count). The van der Waals surface area contributed by atoms with E-state index < -0.39 is 40.8 Å². The van der Waals surface area contributed by atoms with Crippen molar-refractivity contribution in [3.05, 3.63) is 53.1 Å². The van der Waals surface area contributed by atoms with E-state index in [4.69, 9.17) is 21.5 Å². The second-order valence-corrected chi connectivity index (χ2v) is 9.37. The van der Waals surface area contributed by atoms with E-state index in [1.54, 1.807) is 26.0 Å². The molecule has 0 heterocycles. The fourth-order valence-corrected chi connectivity index (χ4v) is 3.97. The van der Waals surface area contributed by atoms with E-state index in [-0.39, 0.29) is 36.2 Å². The van der Waals surface area contributed by atoms with E-state index in [9.17, 15) is 22.6 Å². The van der Waals surface area contributed by atoms with Gasteiger partial charge in [0.05, 0.1) is 18.0 Å². The van der Waals surface area contributed by atoms with Crippen LogP contribution >= 0.6 is 11.6 Å². The number of nitrogens with zero attached hydrogens (tertiary/aromatic N) is 3. The summed E-state index contributed by atoms with van der Waals surface area (Å²) in [6.07, 6.45) is 0. The molecule has 2 amide bonds. The van der Waals surface area contributed by atoms with Crippen molar-refractivity contribution in [3.8, 4) is 11.5 Å². The molecule has 0 radical (unpaired) electrons. The van der Waals surface area contributed by atoms with E-state index in [1.807, 2.05) is 0 Å². The van der Waals surface area contributed by atoms with Gasteiger partial charge in [-0.15, -0.1) is 0 Å². The summed E-state index contributed by atoms with van der Waals surface area (Å²) >= 11 is 5.78. The summed E-state index contributed by atoms with van der Waals surface area (Å²) in [5.41, 5.74) is 1.43. The van der Waals surface area contributed by atoms with Gasteiger partial charge in [-0.25, -0.2) is 22.8 Å². The summed E-state index contributed by atoms with van der Waals surface area (Å²) in [5.74, 6) is -3.78. The first kappa shape index (κ1) is 27.6. The lowest BCUT2D eigenvalue weighted by Crippen LogP contribution is -2.42. The van der Waals surface area contributed by atoms with E-state index in [1.165, 1.54) is 34.6 Å². The maximum Gasteiger partial charge on any atom is 0.258 e. The summed E-state index contributed by atoms with van der Waals surface area (Å²) in [6, 6.07) is 7.52. The van der Waals surface area contributed by atoms with E-state index >= 15 is 0 Å². The van der Waals surface area contributed by atoms with Gasteiger partial charge in [-0.1, -0.05) is 11.6 Å². The van der Waals surface area contributed by atoms with Crippen LogP contribution in [0.3, 0.4) is 0 Å². The average Bonchev–Trinajstić information content (AvgIpc) is 2.79. The number of halogens is 3. The second-order valence-electron chi connectivity index (χ2n) is 7.45. The molecule has 0 saturated heterocycles. The Labute approximate surface area is 203 Å². The summed E-state index contributed by atoms with van der Waals surface area (Å²) in [7, 11) is 2.68. The van der Waals surface area contributed by atoms with Crippen LogP contribution in [0.1, 0.15) is 0 Å². The number of nitrogens with one attached hydrogen (secondary N) is 1. The number of ether oxygens (including phenoxy) is 1. The summed E-state index contributed by atoms with van der Waals surface area (Å²) in [6.45, 7) is -0.263. The van der Waals surface area contributed by atoms with Gasteiger partial charge in [0.1, 0.15) is 16.7 Å². The summed E-state index contributed by atoms with van der Waals surface area (Å²) in [5, 5.41) is 9.26. The summed E-state index contributed by atoms with van der Waals surface area (Å²) < 4.78 is 48.7. The van der Waals surface area contributed by atoms with Crippen LogP contribution in [0.25, 0.3) is 0 Å². The summed E-state index contributed by atoms with van der Waals surface area (Å²) in [4.78, 5) is 26.3. The zero-order valence-electron chi connectivity index (χ0n) is 18.8. The van der Waals surface area contributed by atoms with Crippen molar-refractivity contribution in [1.82, 2.24) is 19.6 Å². The lowest BCUT2D eigenvalue weighted by molar-refractivity contribution is -0.130. The molecule has 9 nitrogen and oxygen atoms in total. The van der Waals surface area contributed by atoms with Crippen LogP contribution < -0.4 is 10.2 Å². The molecule has 0 spiro atoms. The van der Waals surface area contributed by atoms with Crippen molar-refractivity contribution in [1.29, 1.82) is 0 Å². The maximum absolute atomic E-state index is 14.6. The number of hydrogen-bond acceptors (Lipinski definition) is 6. The lowest BCUT2D eigenvalue weighted by Gasteiger charge is -2.24. The monoisotopic (exact) mass is 518 g/mol. The Morgan fingerprint density at radius 2 is 1.65 bits per heavy atom. The molecule has 0 aromatic heterocycles. The van der Waals surface area contributed by atoms with Gasteiger partial charge < -0.3 is 9.64 Å². The molecule has 2 aromatic rings. The highest BCUT2D eigenvalue weighted by Gasteiger charge is 2.23. The Balaban J connectivity index is 2.20. The van der Waals surface area contributed by atoms with Crippen LogP contribution in [0.2, 0.25) is 5.02 Å². The van der Waals surface area contributed by atoms with Crippen molar-refractivity contribution < 1.29 is 32.5 Å². The molecule has 0 bridgehead atoms. The minimum Gasteiger partial charge on any atom is -0.451 e. The largest absolute Gasteiger partial charge is 0.451 e. The zero-order chi connectivity index (χ0) is 25.4. The van der Waals surface area contributed by atoms with E-state index in [0.717, 1.165) is 16.4 Å². The number of carbonyl (C=O) groups excluding carboxylic acids is 2. The molecule has 0 aliphatic carbocycles. The number of rotatable bonds is 11. The van der Waals surface area contributed by atoms with Gasteiger partial charge in [-0.2, -0.15) is 0 Å². The zero-order valence-corrected chi connectivity index (χ0v) is 20.3. The first-order chi connectivity index (χ1) is 16.0. The Morgan fingerprint density at radius 1 is 1.06 bits per heavy atom. The number of hydrogen-bond donors (Lipinski definition) is 2. The minimum atomic E-state index is -2.17. The molecule has 2 aromatic carbocycles. The van der Waals surface area contributed by atoms with Crippen molar-refractivity contribution in [3.63, 3.8) is 0 Å². The first-order valence-corrected chi connectivity index (χ1v) is 11.4. The van der Waals surface area contributed by atoms with Gasteiger partial charge in [0.25, 0.3) is 5.91 Å². The molecule has 0 aliphatic rings. The van der Waals surface area contributed by atoms with Gasteiger partial charge in [-0.3, -0.25) is 19.7 Å². The molecule has 0 fully saturated rings. The SMILES string of the molecule is CN(CCN(CC(=O)NO)S(=O)c1cc(F)c(Oc2ccc(Cl)cc2)c(F)c1)CC(=O)N(C)C. The number of hydroxylamine groups is 1. The highest BCUT2D eigenvalue weighted by Crippen LogP contribution is 2.30. The third kappa shape index (κ3) is 7.99. The minimum absolute atomic E-state index is 0.0104. The molecular formula is C21H25ClF2N4O5S. The normalized spacial score (nSPS) is 12.0. The third-order valence-electron chi connectivity index (χ3n) is 4.52. The fraction of sp³-hybridized carbons (Fsp3) is 0.333. The van der Waals surface area contributed by atoms with Gasteiger partial charge in [0.15, 0.2) is 17.4 Å². The van der Waals surface area contributed by atoms with Crippen molar-refractivity contribution in [2.24, 2.45) is 0 Å². The highest BCUT2D eigenvalue weighted by atomic mass is 35.5. The Kier molecular flexibility index (Phi) is 10.3. The topological polar surface area (TPSA) is 102 Å². The third-order valence-corrected chi connectivity index (χ3v) is 6.19. The van der Waals surface area contributed by atoms with Crippen LogP contribution in [-0.2, 0) is 20.6 Å². The van der Waals surface area contributed by atoms with Crippen LogP contribution in [0.4, 0.5) is 8.78 Å². The van der Waals surface area contributed by atoms with Gasteiger partial charge in [-0.05, 0) is 43.4 Å². The smallest absolute Gasteiger partial charge is 0.258 e. The van der Waals surface area contributed by atoms with Crippen molar-refractivity contribution >= 4 is 34.4 Å². The molecule has 0 saturated carbocycles. The second kappa shape index (κ2) is 12.7. The number of carbonyl (C=O) groups is 2. The van der Waals surface area contributed by atoms with Crippen molar-refractivity contribution in [2.75, 3.05) is 47.3 Å². The van der Waals surface area contributed by atoms with Crippen molar-refractivity contribution in [2.45, 2.75) is 4.90 Å². The number of likely N-dealkylation sites (N-methyl/N-ethyl adjacent to an activating group) is 2.